The minimum absolute atomic E-state index is 0.0315. The van der Waals surface area contributed by atoms with Crippen molar-refractivity contribution in [3.05, 3.63) is 23.3 Å². The van der Waals surface area contributed by atoms with Crippen LogP contribution in [-0.4, -0.2) is 88.5 Å². The highest BCUT2D eigenvalue weighted by atomic mass is 16.7. The first kappa shape index (κ1) is 28.2. The second-order valence-electron chi connectivity index (χ2n) is 13.2. The number of ketones is 2. The number of methoxy groups -OCH3 is 1. The largest absolute Gasteiger partial charge is 0.458 e. The van der Waals surface area contributed by atoms with Gasteiger partial charge in [-0.3, -0.25) is 9.59 Å². The second-order valence-corrected chi connectivity index (χ2v) is 13.2. The number of hydrogen-bond donors (Lipinski definition) is 3. The van der Waals surface area contributed by atoms with Crippen LogP contribution in [0.2, 0.25) is 0 Å². The number of aliphatic hydroxyl groups excluding tert-OH is 1. The second kappa shape index (κ2) is 9.28. The Morgan fingerprint density at radius 3 is 2.52 bits per heavy atom. The van der Waals surface area contributed by atoms with Gasteiger partial charge >= 0.3 is 5.97 Å². The van der Waals surface area contributed by atoms with Crippen molar-refractivity contribution in [2.24, 2.45) is 22.7 Å². The molecule has 10 heteroatoms. The minimum Gasteiger partial charge on any atom is -0.458 e. The topological polar surface area (TPSA) is 149 Å². The first-order valence-electron chi connectivity index (χ1n) is 14.4. The van der Waals surface area contributed by atoms with Gasteiger partial charge in [-0.15, -0.1) is 0 Å². The van der Waals surface area contributed by atoms with E-state index in [1.165, 1.54) is 13.2 Å². The molecule has 2 aliphatic heterocycles. The van der Waals surface area contributed by atoms with Gasteiger partial charge in [0.25, 0.3) is 0 Å². The van der Waals surface area contributed by atoms with E-state index in [1.54, 1.807) is 6.92 Å². The number of fused-ring (bicyclic) bond motifs is 5. The van der Waals surface area contributed by atoms with E-state index in [0.717, 1.165) is 0 Å². The molecule has 2 heterocycles. The lowest BCUT2D eigenvalue weighted by Crippen LogP contribution is -2.73. The summed E-state index contributed by atoms with van der Waals surface area (Å²) in [5.41, 5.74) is -3.92. The zero-order valence-electron chi connectivity index (χ0n) is 23.6. The van der Waals surface area contributed by atoms with Crippen LogP contribution >= 0.6 is 0 Å². The maximum atomic E-state index is 14.0. The van der Waals surface area contributed by atoms with E-state index in [-0.39, 0.29) is 31.3 Å². The fourth-order valence-corrected chi connectivity index (χ4v) is 9.11. The molecule has 11 atom stereocenters. The number of Topliss-reactive ketones (excluding diaryl/α,β-unsaturated/α-hetero) is 2. The molecule has 4 fully saturated rings. The molecule has 6 rings (SSSR count). The lowest BCUT2D eigenvalue weighted by Gasteiger charge is -2.66. The van der Waals surface area contributed by atoms with Gasteiger partial charge in [-0.25, -0.2) is 4.79 Å². The van der Waals surface area contributed by atoms with E-state index in [0.29, 0.717) is 43.3 Å². The third kappa shape index (κ3) is 3.66. The third-order valence-corrected chi connectivity index (χ3v) is 11.4. The SMILES string of the molecule is COC1CC(C)OC(OC2CCC3(C)C4C(O)C(=O)C5(C)C(C6=CC(=O)OC6)=CCC5(O)C4CCC3(O)C2)C1=O. The van der Waals surface area contributed by atoms with Crippen molar-refractivity contribution in [3.63, 3.8) is 0 Å². The van der Waals surface area contributed by atoms with Gasteiger partial charge < -0.3 is 34.3 Å². The predicted octanol–water partition coefficient (Wildman–Crippen LogP) is 1.53. The number of cyclic esters (lactones) is 1. The van der Waals surface area contributed by atoms with Crippen molar-refractivity contribution in [1.29, 1.82) is 0 Å². The highest BCUT2D eigenvalue weighted by molar-refractivity contribution is 5.97. The smallest absolute Gasteiger partial charge is 0.331 e. The number of carbonyl (C=O) groups excluding carboxylic acids is 3. The van der Waals surface area contributed by atoms with Gasteiger partial charge in [-0.1, -0.05) is 13.0 Å². The Morgan fingerprint density at radius 2 is 1.85 bits per heavy atom. The van der Waals surface area contributed by atoms with Crippen molar-refractivity contribution in [2.45, 2.75) is 108 Å². The fourth-order valence-electron chi connectivity index (χ4n) is 9.11. The molecule has 6 aliphatic rings. The summed E-state index contributed by atoms with van der Waals surface area (Å²) in [5.74, 6) is -2.38. The molecule has 0 aromatic heterocycles. The van der Waals surface area contributed by atoms with Crippen molar-refractivity contribution >= 4 is 17.5 Å². The summed E-state index contributed by atoms with van der Waals surface area (Å²) in [5, 5.41) is 36.1. The Kier molecular flexibility index (Phi) is 6.54. The van der Waals surface area contributed by atoms with Crippen LogP contribution < -0.4 is 0 Å². The predicted molar refractivity (Wildman–Crippen MR) is 139 cm³/mol. The van der Waals surface area contributed by atoms with Gasteiger partial charge in [0.1, 0.15) is 18.8 Å². The molecule has 0 amide bonds. The Bertz CT molecular complexity index is 1190. The van der Waals surface area contributed by atoms with E-state index in [9.17, 15) is 29.7 Å². The number of hydrogen-bond acceptors (Lipinski definition) is 10. The number of aliphatic hydroxyl groups is 3. The van der Waals surface area contributed by atoms with Crippen LogP contribution in [0.4, 0.5) is 0 Å². The van der Waals surface area contributed by atoms with Gasteiger partial charge in [0.05, 0.1) is 28.8 Å². The molecule has 40 heavy (non-hydrogen) atoms. The highest BCUT2D eigenvalue weighted by Crippen LogP contribution is 2.68. The Morgan fingerprint density at radius 1 is 1.10 bits per heavy atom. The average Bonchev–Trinajstić information content (AvgIpc) is 3.45. The molecule has 0 aromatic carbocycles. The summed E-state index contributed by atoms with van der Waals surface area (Å²) < 4.78 is 22.3. The first-order valence-corrected chi connectivity index (χ1v) is 14.4. The normalized spacial score (nSPS) is 50.5. The standard InChI is InChI=1S/C30H40O10/c1-15-11-20(37-4)23(32)26(39-15)40-17-5-8-27(2)22-19(6-9-29(27,35)13-17)30(36)10-7-18(16-12-21(31)38-14-16)28(30,3)25(34)24(22)33/h7,12,15,17,19-20,22,24,26,33,35-36H,5-6,8-11,13-14H2,1-4H3. The highest BCUT2D eigenvalue weighted by Gasteiger charge is 2.74. The third-order valence-electron chi connectivity index (χ3n) is 11.4. The van der Waals surface area contributed by atoms with Crippen LogP contribution in [0.25, 0.3) is 0 Å². The summed E-state index contributed by atoms with van der Waals surface area (Å²) in [6.07, 6.45) is 1.97. The van der Waals surface area contributed by atoms with E-state index in [4.69, 9.17) is 18.9 Å². The summed E-state index contributed by atoms with van der Waals surface area (Å²) in [6.45, 7) is 5.46. The summed E-state index contributed by atoms with van der Waals surface area (Å²) in [4.78, 5) is 38.6. The number of ether oxygens (including phenoxy) is 4. The molecule has 0 radical (unpaired) electrons. The van der Waals surface area contributed by atoms with Crippen LogP contribution in [0.15, 0.2) is 23.3 Å². The fraction of sp³-hybridized carbons (Fsp3) is 0.767. The summed E-state index contributed by atoms with van der Waals surface area (Å²) in [6, 6.07) is 0. The summed E-state index contributed by atoms with van der Waals surface area (Å²) in [7, 11) is 1.49. The molecule has 4 aliphatic carbocycles. The summed E-state index contributed by atoms with van der Waals surface area (Å²) >= 11 is 0. The van der Waals surface area contributed by atoms with Gasteiger partial charge in [0.2, 0.25) is 12.1 Å². The minimum atomic E-state index is -1.47. The molecule has 1 saturated heterocycles. The van der Waals surface area contributed by atoms with Gasteiger partial charge in [-0.05, 0) is 57.4 Å². The maximum Gasteiger partial charge on any atom is 0.331 e. The van der Waals surface area contributed by atoms with Crippen LogP contribution in [0.5, 0.6) is 0 Å². The number of esters is 1. The average molecular weight is 561 g/mol. The van der Waals surface area contributed by atoms with E-state index in [1.807, 2.05) is 19.9 Å². The monoisotopic (exact) mass is 560 g/mol. The molecule has 3 saturated carbocycles. The lowest BCUT2D eigenvalue weighted by molar-refractivity contribution is -0.278. The quantitative estimate of drug-likeness (QED) is 0.341. The molecule has 3 N–H and O–H groups in total. The molecule has 11 unspecified atom stereocenters. The maximum absolute atomic E-state index is 14.0. The van der Waals surface area contributed by atoms with Crippen molar-refractivity contribution in [3.8, 4) is 0 Å². The zero-order valence-corrected chi connectivity index (χ0v) is 23.6. The van der Waals surface area contributed by atoms with E-state index in [2.05, 4.69) is 0 Å². The molecule has 220 valence electrons. The molecule has 0 spiro atoms. The number of rotatable bonds is 4. The van der Waals surface area contributed by atoms with Crippen LogP contribution in [0.3, 0.4) is 0 Å². The van der Waals surface area contributed by atoms with Crippen LogP contribution in [0, 0.1) is 22.7 Å². The van der Waals surface area contributed by atoms with Crippen molar-refractivity contribution in [1.82, 2.24) is 0 Å². The molecular formula is C30H40O10. The van der Waals surface area contributed by atoms with Gasteiger partial charge in [0, 0.05) is 42.9 Å². The Hall–Kier alpha value is -1.95. The van der Waals surface area contributed by atoms with E-state index < -0.39 is 70.2 Å². The van der Waals surface area contributed by atoms with Crippen molar-refractivity contribution in [2.75, 3.05) is 13.7 Å². The zero-order chi connectivity index (χ0) is 28.8. The van der Waals surface area contributed by atoms with Gasteiger partial charge in [-0.2, -0.15) is 0 Å². The molecule has 10 nitrogen and oxygen atoms in total. The Balaban J connectivity index is 1.26. The molecule has 0 aromatic rings. The number of carbonyl (C=O) groups is 3. The first-order chi connectivity index (χ1) is 18.8. The van der Waals surface area contributed by atoms with Crippen molar-refractivity contribution < 1.29 is 48.7 Å². The van der Waals surface area contributed by atoms with E-state index >= 15 is 0 Å². The van der Waals surface area contributed by atoms with Gasteiger partial charge in [0.15, 0.2) is 5.78 Å². The van der Waals surface area contributed by atoms with Crippen LogP contribution in [-0.2, 0) is 33.3 Å². The Labute approximate surface area is 233 Å². The molecule has 0 bridgehead atoms. The lowest BCUT2D eigenvalue weighted by atomic mass is 9.41. The molecular weight excluding hydrogens is 520 g/mol. The van der Waals surface area contributed by atoms with Crippen LogP contribution in [0.1, 0.15) is 65.7 Å².